The lowest BCUT2D eigenvalue weighted by Gasteiger charge is -2.19. The maximum atomic E-state index is 12.4. The highest BCUT2D eigenvalue weighted by Gasteiger charge is 2.31. The molecule has 0 amide bonds. The van der Waals surface area contributed by atoms with Crippen LogP contribution >= 0.6 is 12.2 Å². The average molecular weight is 585 g/mol. The number of aromatic nitrogens is 3. The number of aliphatic hydroxyl groups is 1. The molecule has 1 heterocycles. The van der Waals surface area contributed by atoms with Crippen LogP contribution in [0.3, 0.4) is 0 Å². The summed E-state index contributed by atoms with van der Waals surface area (Å²) in [5.41, 5.74) is 5.67. The first kappa shape index (κ1) is 30.0. The van der Waals surface area contributed by atoms with Crippen LogP contribution in [-0.4, -0.2) is 44.2 Å². The third-order valence-electron chi connectivity index (χ3n) is 6.27. The van der Waals surface area contributed by atoms with Crippen molar-refractivity contribution in [3.8, 4) is 22.8 Å². The SMILES string of the molecule is CCc1cccc(C)c1NC(=S)NC(O)NCCCc1ccc(-c2ncn(-c3ccc(OC(F)(F)F)cc3)n2)cc1. The van der Waals surface area contributed by atoms with Crippen LogP contribution < -0.4 is 20.7 Å². The van der Waals surface area contributed by atoms with E-state index in [0.29, 0.717) is 23.2 Å². The molecule has 3 aromatic carbocycles. The molecule has 4 N–H and O–H groups in total. The lowest BCUT2D eigenvalue weighted by molar-refractivity contribution is -0.274. The molecule has 0 saturated carbocycles. The monoisotopic (exact) mass is 584 g/mol. The van der Waals surface area contributed by atoms with Gasteiger partial charge in [-0.1, -0.05) is 49.4 Å². The molecular weight excluding hydrogens is 553 g/mol. The number of hydrogen-bond donors (Lipinski definition) is 4. The molecule has 8 nitrogen and oxygen atoms in total. The van der Waals surface area contributed by atoms with Crippen molar-refractivity contribution in [2.75, 3.05) is 11.9 Å². The number of nitrogens with zero attached hydrogens (tertiary/aromatic N) is 3. The first-order chi connectivity index (χ1) is 19.6. The lowest BCUT2D eigenvalue weighted by atomic mass is 10.1. The third kappa shape index (κ3) is 8.74. The van der Waals surface area contributed by atoms with Gasteiger partial charge in [-0.3, -0.25) is 5.32 Å². The van der Waals surface area contributed by atoms with Gasteiger partial charge in [0, 0.05) is 11.3 Å². The second-order valence-corrected chi connectivity index (χ2v) is 9.68. The van der Waals surface area contributed by atoms with Crippen LogP contribution in [0.25, 0.3) is 17.1 Å². The molecular formula is C29H31F3N6O2S. The van der Waals surface area contributed by atoms with Crippen molar-refractivity contribution in [2.24, 2.45) is 0 Å². The summed E-state index contributed by atoms with van der Waals surface area (Å²) < 4.78 is 42.5. The Labute approximate surface area is 241 Å². The highest BCUT2D eigenvalue weighted by molar-refractivity contribution is 7.80. The highest BCUT2D eigenvalue weighted by atomic mass is 32.1. The summed E-state index contributed by atoms with van der Waals surface area (Å²) in [6.07, 6.45) is -1.78. The Kier molecular flexibility index (Phi) is 9.92. The van der Waals surface area contributed by atoms with Crippen molar-refractivity contribution >= 4 is 23.0 Å². The van der Waals surface area contributed by atoms with Crippen molar-refractivity contribution < 1.29 is 23.0 Å². The summed E-state index contributed by atoms with van der Waals surface area (Å²) in [5, 5.41) is 24.1. The molecule has 0 aliphatic carbocycles. The van der Waals surface area contributed by atoms with Gasteiger partial charge in [0.05, 0.1) is 5.69 Å². The summed E-state index contributed by atoms with van der Waals surface area (Å²) in [5.74, 6) is 0.187. The Hall–Kier alpha value is -4.00. The van der Waals surface area contributed by atoms with Gasteiger partial charge in [-0.05, 0) is 85.9 Å². The number of thiocarbonyl (C=S) groups is 1. The minimum absolute atomic E-state index is 0.303. The van der Waals surface area contributed by atoms with Crippen molar-refractivity contribution in [1.82, 2.24) is 25.4 Å². The van der Waals surface area contributed by atoms with Gasteiger partial charge < -0.3 is 20.5 Å². The zero-order valence-corrected chi connectivity index (χ0v) is 23.4. The van der Waals surface area contributed by atoms with Crippen LogP contribution in [0.1, 0.15) is 30.0 Å². The number of aliphatic hydroxyl groups excluding tert-OH is 1. The summed E-state index contributed by atoms with van der Waals surface area (Å²) in [7, 11) is 0. The predicted molar refractivity (Wildman–Crippen MR) is 156 cm³/mol. The van der Waals surface area contributed by atoms with Gasteiger partial charge in [0.2, 0.25) is 0 Å². The Bertz CT molecular complexity index is 1440. The smallest absolute Gasteiger partial charge is 0.406 e. The molecule has 4 aromatic rings. The number of halogens is 3. The second kappa shape index (κ2) is 13.6. The van der Waals surface area contributed by atoms with Gasteiger partial charge in [-0.25, -0.2) is 9.67 Å². The average Bonchev–Trinajstić information content (AvgIpc) is 3.42. The van der Waals surface area contributed by atoms with Crippen LogP contribution in [0.2, 0.25) is 0 Å². The molecule has 41 heavy (non-hydrogen) atoms. The number of para-hydroxylation sites is 1. The molecule has 0 fully saturated rings. The molecule has 0 saturated heterocycles. The molecule has 1 aromatic heterocycles. The Morgan fingerprint density at radius 1 is 1.07 bits per heavy atom. The number of ether oxygens (including phenoxy) is 1. The van der Waals surface area contributed by atoms with E-state index >= 15 is 0 Å². The summed E-state index contributed by atoms with van der Waals surface area (Å²) in [6.45, 7) is 4.66. The van der Waals surface area contributed by atoms with Gasteiger partial charge >= 0.3 is 6.36 Å². The van der Waals surface area contributed by atoms with Crippen LogP contribution in [0.4, 0.5) is 18.9 Å². The van der Waals surface area contributed by atoms with Crippen LogP contribution in [-0.2, 0) is 12.8 Å². The molecule has 1 unspecified atom stereocenters. The Balaban J connectivity index is 1.21. The Morgan fingerprint density at radius 3 is 2.49 bits per heavy atom. The maximum absolute atomic E-state index is 12.4. The minimum Gasteiger partial charge on any atom is -0.406 e. The molecule has 0 aliphatic heterocycles. The standard InChI is InChI=1S/C29H31F3N6O2S/c1-3-21-8-4-6-19(2)25(21)35-28(41)36-27(39)33-17-5-7-20-9-11-22(12-10-20)26-34-18-38(37-26)23-13-15-24(16-14-23)40-29(30,31)32/h4,6,8-16,18,27,33,39H,3,5,7,17H2,1-2H3,(H2,35,36,41). The van der Waals surface area contributed by atoms with Gasteiger partial charge in [-0.15, -0.1) is 18.3 Å². The molecule has 12 heteroatoms. The lowest BCUT2D eigenvalue weighted by Crippen LogP contribution is -2.47. The van der Waals surface area contributed by atoms with Gasteiger partial charge in [0.25, 0.3) is 0 Å². The van der Waals surface area contributed by atoms with Crippen molar-refractivity contribution in [3.63, 3.8) is 0 Å². The highest BCUT2D eigenvalue weighted by Crippen LogP contribution is 2.24. The van der Waals surface area contributed by atoms with Crippen molar-refractivity contribution in [2.45, 2.75) is 45.8 Å². The van der Waals surface area contributed by atoms with E-state index in [1.807, 2.05) is 49.4 Å². The number of alkyl halides is 3. The third-order valence-corrected chi connectivity index (χ3v) is 6.48. The minimum atomic E-state index is -4.74. The zero-order valence-electron chi connectivity index (χ0n) is 22.6. The predicted octanol–water partition coefficient (Wildman–Crippen LogP) is 5.49. The fourth-order valence-corrected chi connectivity index (χ4v) is 4.41. The van der Waals surface area contributed by atoms with E-state index in [-0.39, 0.29) is 5.75 Å². The Morgan fingerprint density at radius 2 is 1.80 bits per heavy atom. The van der Waals surface area contributed by atoms with Gasteiger partial charge in [0.1, 0.15) is 12.1 Å². The normalized spacial score (nSPS) is 12.1. The fraction of sp³-hybridized carbons (Fsp3) is 0.276. The van der Waals surface area contributed by atoms with Crippen molar-refractivity contribution in [3.05, 3.63) is 89.7 Å². The van der Waals surface area contributed by atoms with E-state index < -0.39 is 12.7 Å². The number of rotatable bonds is 11. The van der Waals surface area contributed by atoms with Gasteiger partial charge in [0.15, 0.2) is 17.3 Å². The summed E-state index contributed by atoms with van der Waals surface area (Å²) in [4.78, 5) is 4.31. The topological polar surface area (TPSA) is 96.3 Å². The van der Waals surface area contributed by atoms with Gasteiger partial charge in [-0.2, -0.15) is 0 Å². The molecule has 4 rings (SSSR count). The number of aryl methyl sites for hydroxylation is 3. The number of hydrogen-bond acceptors (Lipinski definition) is 6. The molecule has 0 bridgehead atoms. The van der Waals surface area contributed by atoms with E-state index in [4.69, 9.17) is 12.2 Å². The first-order valence-electron chi connectivity index (χ1n) is 13.1. The number of nitrogens with one attached hydrogen (secondary N) is 3. The first-order valence-corrected chi connectivity index (χ1v) is 13.5. The van der Waals surface area contributed by atoms with E-state index in [2.05, 4.69) is 37.7 Å². The number of anilines is 1. The molecule has 0 aliphatic rings. The molecule has 1 atom stereocenters. The molecule has 0 spiro atoms. The fourth-order valence-electron chi connectivity index (χ4n) is 4.20. The zero-order chi connectivity index (χ0) is 29.4. The maximum Gasteiger partial charge on any atom is 0.573 e. The van der Waals surface area contributed by atoms with Crippen LogP contribution in [0.15, 0.2) is 73.1 Å². The quantitative estimate of drug-likeness (QED) is 0.105. The van der Waals surface area contributed by atoms with E-state index in [9.17, 15) is 18.3 Å². The summed E-state index contributed by atoms with van der Waals surface area (Å²) in [6, 6.07) is 19.3. The van der Waals surface area contributed by atoms with E-state index in [1.54, 1.807) is 0 Å². The van der Waals surface area contributed by atoms with Crippen molar-refractivity contribution in [1.29, 1.82) is 0 Å². The summed E-state index contributed by atoms with van der Waals surface area (Å²) >= 11 is 5.36. The van der Waals surface area contributed by atoms with Crippen LogP contribution in [0, 0.1) is 6.92 Å². The van der Waals surface area contributed by atoms with Crippen LogP contribution in [0.5, 0.6) is 5.75 Å². The largest absolute Gasteiger partial charge is 0.573 e. The van der Waals surface area contributed by atoms with E-state index in [0.717, 1.165) is 47.2 Å². The second-order valence-electron chi connectivity index (χ2n) is 9.27. The number of benzene rings is 3. The molecule has 0 radical (unpaired) electrons. The van der Waals surface area contributed by atoms with E-state index in [1.165, 1.54) is 35.3 Å². The molecule has 216 valence electrons.